The van der Waals surface area contributed by atoms with Gasteiger partial charge in [-0.1, -0.05) is 70.1 Å². The van der Waals surface area contributed by atoms with E-state index in [1.165, 1.54) is 19.3 Å². The van der Waals surface area contributed by atoms with Crippen molar-refractivity contribution in [1.82, 2.24) is 4.98 Å². The molecule has 0 bridgehead atoms. The molecule has 38 heavy (non-hydrogen) atoms. The van der Waals surface area contributed by atoms with Crippen molar-refractivity contribution in [1.29, 1.82) is 0 Å². The van der Waals surface area contributed by atoms with E-state index >= 15 is 0 Å². The number of carboxylic acid groups (broad SMARTS) is 1. The predicted octanol–water partition coefficient (Wildman–Crippen LogP) is 7.17. The Morgan fingerprint density at radius 3 is 2.32 bits per heavy atom. The zero-order valence-corrected chi connectivity index (χ0v) is 24.3. The minimum absolute atomic E-state index is 0.0475. The summed E-state index contributed by atoms with van der Waals surface area (Å²) >= 11 is 0. The molecule has 0 aliphatic heterocycles. The summed E-state index contributed by atoms with van der Waals surface area (Å²) in [7, 11) is 2.42. The molecule has 1 heterocycles. The van der Waals surface area contributed by atoms with Crippen LogP contribution >= 0.6 is 9.24 Å². The third-order valence-corrected chi connectivity index (χ3v) is 7.40. The molecule has 0 radical (unpaired) electrons. The monoisotopic (exact) mass is 539 g/mol. The molecule has 1 fully saturated rings. The van der Waals surface area contributed by atoms with Gasteiger partial charge in [0.2, 0.25) is 11.5 Å². The molecule has 1 aliphatic rings. The van der Waals surface area contributed by atoms with Gasteiger partial charge in [-0.2, -0.15) is 0 Å². The number of nitrogens with zero attached hydrogens (tertiary/aromatic N) is 1. The van der Waals surface area contributed by atoms with Crippen molar-refractivity contribution in [3.05, 3.63) is 77.5 Å². The topological polar surface area (TPSA) is 81.8 Å². The van der Waals surface area contributed by atoms with E-state index in [-0.39, 0.29) is 11.8 Å². The predicted molar refractivity (Wildman–Crippen MR) is 154 cm³/mol. The quantitative estimate of drug-likeness (QED) is 0.260. The molecule has 206 valence electrons. The van der Waals surface area contributed by atoms with Gasteiger partial charge in [-0.15, -0.1) is 9.24 Å². The zero-order chi connectivity index (χ0) is 27.6. The lowest BCUT2D eigenvalue weighted by Crippen LogP contribution is -2.46. The molecular weight excluding hydrogens is 497 g/mol. The molecule has 1 aliphatic carbocycles. The number of ether oxygens (including phenoxy) is 2. The molecule has 6 nitrogen and oxygen atoms in total. The first-order chi connectivity index (χ1) is 18.3. The highest BCUT2D eigenvalue weighted by molar-refractivity contribution is 7.15. The van der Waals surface area contributed by atoms with Gasteiger partial charge in [0.1, 0.15) is 17.3 Å². The third kappa shape index (κ3) is 7.38. The lowest BCUT2D eigenvalue weighted by molar-refractivity contribution is -0.155. The summed E-state index contributed by atoms with van der Waals surface area (Å²) in [6, 6.07) is 16.7. The van der Waals surface area contributed by atoms with Gasteiger partial charge in [0, 0.05) is 18.3 Å². The lowest BCUT2D eigenvalue weighted by Gasteiger charge is -2.30. The van der Waals surface area contributed by atoms with E-state index < -0.39 is 11.6 Å². The van der Waals surface area contributed by atoms with Crippen LogP contribution in [0.2, 0.25) is 0 Å². The van der Waals surface area contributed by atoms with Crippen molar-refractivity contribution in [3.63, 3.8) is 0 Å². The molecule has 0 spiro atoms. The molecular formula is C31H42NO5P. The SMILES string of the molecule is CCC(Cc1ccc(OCCc2nc(C3(C)CCCCC3)oc2C)cc1)(Oc1ccccc1)C(=O)O.CP. The van der Waals surface area contributed by atoms with Gasteiger partial charge in [0.15, 0.2) is 0 Å². The van der Waals surface area contributed by atoms with Crippen molar-refractivity contribution in [2.24, 2.45) is 0 Å². The first-order valence-corrected chi connectivity index (χ1v) is 14.7. The molecule has 1 saturated carbocycles. The Hall–Kier alpha value is -2.85. The maximum Gasteiger partial charge on any atom is 0.348 e. The molecule has 2 aromatic carbocycles. The number of carbonyl (C=O) groups is 1. The van der Waals surface area contributed by atoms with Crippen molar-refractivity contribution in [2.45, 2.75) is 83.2 Å². The first kappa shape index (κ1) is 29.7. The van der Waals surface area contributed by atoms with Crippen LogP contribution in [-0.2, 0) is 23.1 Å². The van der Waals surface area contributed by atoms with E-state index in [0.717, 1.165) is 41.5 Å². The summed E-state index contributed by atoms with van der Waals surface area (Å²) in [5.41, 5.74) is 0.549. The number of aliphatic carboxylic acids is 1. The Bertz CT molecular complexity index is 1140. The summed E-state index contributed by atoms with van der Waals surface area (Å²) < 4.78 is 18.0. The van der Waals surface area contributed by atoms with Crippen LogP contribution in [0.15, 0.2) is 59.0 Å². The minimum Gasteiger partial charge on any atom is -0.493 e. The molecule has 2 unspecified atom stereocenters. The van der Waals surface area contributed by atoms with Crippen molar-refractivity contribution < 1.29 is 23.8 Å². The van der Waals surface area contributed by atoms with Gasteiger partial charge in [0.25, 0.3) is 0 Å². The fourth-order valence-corrected chi connectivity index (χ4v) is 4.98. The Labute approximate surface area is 229 Å². The summed E-state index contributed by atoms with van der Waals surface area (Å²) in [5, 5.41) is 9.99. The largest absolute Gasteiger partial charge is 0.493 e. The van der Waals surface area contributed by atoms with Crippen LogP contribution in [-0.4, -0.2) is 34.9 Å². The molecule has 3 aromatic rings. The Morgan fingerprint density at radius 1 is 1.05 bits per heavy atom. The second-order valence-corrected chi connectivity index (χ2v) is 10.1. The Kier molecular flexibility index (Phi) is 10.8. The van der Waals surface area contributed by atoms with Crippen molar-refractivity contribution in [3.8, 4) is 11.5 Å². The standard InChI is InChI=1S/C30H37NO5.CH5P/c1-4-30(28(32)33,36-25-11-7-5-8-12-25)21-23-13-15-24(16-14-23)34-20-17-26-22(2)35-27(31-26)29(3)18-9-6-10-19-29;1-2/h5,7-8,11-16H,4,6,9-10,17-21H2,1-3H3,(H,32,33);2H2,1H3. The summed E-state index contributed by atoms with van der Waals surface area (Å²) in [4.78, 5) is 17.0. The maximum atomic E-state index is 12.2. The number of aromatic nitrogens is 1. The van der Waals surface area contributed by atoms with Crippen LogP contribution in [0.3, 0.4) is 0 Å². The van der Waals surface area contributed by atoms with Crippen molar-refractivity contribution in [2.75, 3.05) is 13.3 Å². The maximum absolute atomic E-state index is 12.2. The van der Waals surface area contributed by atoms with Crippen LogP contribution in [0.1, 0.15) is 75.3 Å². The Balaban J connectivity index is 0.00000195. The minimum atomic E-state index is -1.33. The number of para-hydroxylation sites is 1. The highest BCUT2D eigenvalue weighted by Crippen LogP contribution is 2.39. The smallest absolute Gasteiger partial charge is 0.348 e. The van der Waals surface area contributed by atoms with E-state index in [0.29, 0.717) is 25.2 Å². The van der Waals surface area contributed by atoms with Crippen LogP contribution in [0, 0.1) is 6.92 Å². The highest BCUT2D eigenvalue weighted by atomic mass is 31.0. The van der Waals surface area contributed by atoms with Gasteiger partial charge < -0.3 is 19.0 Å². The second-order valence-electron chi connectivity index (χ2n) is 10.1. The van der Waals surface area contributed by atoms with Gasteiger partial charge >= 0.3 is 5.97 Å². The van der Waals surface area contributed by atoms with E-state index in [2.05, 4.69) is 16.2 Å². The molecule has 0 saturated heterocycles. The molecule has 4 rings (SSSR count). The van der Waals surface area contributed by atoms with Crippen LogP contribution in [0.4, 0.5) is 0 Å². The number of benzene rings is 2. The zero-order valence-electron chi connectivity index (χ0n) is 23.2. The third-order valence-electron chi connectivity index (χ3n) is 7.40. The van der Waals surface area contributed by atoms with Gasteiger partial charge in [-0.05, 0) is 56.0 Å². The van der Waals surface area contributed by atoms with Gasteiger partial charge in [0.05, 0.1) is 12.3 Å². The molecule has 0 amide bonds. The summed E-state index contributed by atoms with van der Waals surface area (Å²) in [6.45, 7) is 8.49. The average Bonchev–Trinajstić information content (AvgIpc) is 3.32. The summed E-state index contributed by atoms with van der Waals surface area (Å²) in [5.74, 6) is 2.05. The lowest BCUT2D eigenvalue weighted by atomic mass is 9.76. The van der Waals surface area contributed by atoms with Gasteiger partial charge in [-0.25, -0.2) is 9.78 Å². The number of carboxylic acids is 1. The van der Waals surface area contributed by atoms with E-state index in [9.17, 15) is 9.90 Å². The second kappa shape index (κ2) is 13.8. The average molecular weight is 540 g/mol. The fourth-order valence-electron chi connectivity index (χ4n) is 4.98. The normalized spacial score (nSPS) is 16.0. The van der Waals surface area contributed by atoms with E-state index in [4.69, 9.17) is 18.9 Å². The Morgan fingerprint density at radius 2 is 1.71 bits per heavy atom. The highest BCUT2D eigenvalue weighted by Gasteiger charge is 2.39. The van der Waals surface area contributed by atoms with E-state index in [1.807, 2.05) is 63.0 Å². The summed E-state index contributed by atoms with van der Waals surface area (Å²) in [6.07, 6.45) is 7.30. The first-order valence-electron chi connectivity index (χ1n) is 13.6. The van der Waals surface area contributed by atoms with Crippen LogP contribution in [0.25, 0.3) is 0 Å². The molecule has 2 atom stereocenters. The number of hydrogen-bond acceptors (Lipinski definition) is 5. The number of rotatable bonds is 11. The molecule has 7 heteroatoms. The van der Waals surface area contributed by atoms with Gasteiger partial charge in [-0.3, -0.25) is 0 Å². The number of oxazole rings is 1. The molecule has 1 aromatic heterocycles. The van der Waals surface area contributed by atoms with E-state index in [1.54, 1.807) is 12.1 Å². The van der Waals surface area contributed by atoms with Crippen molar-refractivity contribution >= 4 is 15.2 Å². The van der Waals surface area contributed by atoms with Crippen LogP contribution in [0.5, 0.6) is 11.5 Å². The number of aryl methyl sites for hydroxylation is 1. The van der Waals surface area contributed by atoms with Crippen LogP contribution < -0.4 is 9.47 Å². The fraction of sp³-hybridized carbons (Fsp3) is 0.484. The number of hydrogen-bond donors (Lipinski definition) is 1. The molecule has 1 N–H and O–H groups in total.